The Kier molecular flexibility index (Phi) is 10.7. The number of urea groups is 1. The molecule has 3 N–H and O–H groups in total. The average molecular weight is 552 g/mol. The summed E-state index contributed by atoms with van der Waals surface area (Å²) >= 11 is 1.65. The van der Waals surface area contributed by atoms with E-state index in [4.69, 9.17) is 5.11 Å². The molecule has 0 unspecified atom stereocenters. The van der Waals surface area contributed by atoms with E-state index in [1.165, 1.54) is 44.9 Å². The molecule has 8 heteroatoms. The van der Waals surface area contributed by atoms with Crippen molar-refractivity contribution in [1.82, 2.24) is 10.2 Å². The molecule has 39 heavy (non-hydrogen) atoms. The largest absolute Gasteiger partial charge is 0.481 e. The number of anilines is 1. The van der Waals surface area contributed by atoms with Crippen LogP contribution < -0.4 is 10.6 Å². The number of aliphatic carboxylic acids is 1. The fourth-order valence-corrected chi connectivity index (χ4v) is 6.56. The number of rotatable bonds is 10. The SMILES string of the molecule is CSc1cccc(NC(=O)N(Cc2ccc(C(=O)NCCC(=O)O)cc2)C2CCC(C3CCCCC3)CC2)c1. The monoisotopic (exact) mass is 551 g/mol. The number of carboxylic acid groups (broad SMARTS) is 1. The first kappa shape index (κ1) is 29.0. The zero-order valence-electron chi connectivity index (χ0n) is 22.9. The quantitative estimate of drug-likeness (QED) is 0.283. The number of carbonyl (C=O) groups excluding carboxylic acids is 2. The number of hydrogen-bond acceptors (Lipinski definition) is 4. The number of nitrogens with zero attached hydrogens (tertiary/aromatic N) is 1. The van der Waals surface area contributed by atoms with Crippen LogP contribution in [0.2, 0.25) is 0 Å². The molecule has 2 aliphatic rings. The van der Waals surface area contributed by atoms with E-state index >= 15 is 0 Å². The van der Waals surface area contributed by atoms with E-state index in [0.717, 1.165) is 40.8 Å². The number of amides is 3. The van der Waals surface area contributed by atoms with Crippen LogP contribution >= 0.6 is 11.8 Å². The standard InChI is InChI=1S/C31H41N3O4S/c1-39-28-9-5-8-26(20-28)33-31(38)34(27-16-14-24(15-17-27)23-6-3-2-4-7-23)21-22-10-12-25(13-11-22)30(37)32-19-18-29(35)36/h5,8-13,20,23-24,27H,2-4,6-7,14-19,21H2,1H3,(H,32,37)(H,33,38)(H,35,36). The zero-order valence-corrected chi connectivity index (χ0v) is 23.7. The lowest BCUT2D eigenvalue weighted by atomic mass is 9.72. The Balaban J connectivity index is 1.43. The molecule has 2 aromatic carbocycles. The minimum Gasteiger partial charge on any atom is -0.481 e. The van der Waals surface area contributed by atoms with E-state index in [0.29, 0.717) is 12.1 Å². The molecule has 0 spiro atoms. The van der Waals surface area contributed by atoms with Gasteiger partial charge in [-0.15, -0.1) is 11.8 Å². The van der Waals surface area contributed by atoms with Crippen LogP contribution in [0.4, 0.5) is 10.5 Å². The summed E-state index contributed by atoms with van der Waals surface area (Å²) in [5.41, 5.74) is 2.22. The summed E-state index contributed by atoms with van der Waals surface area (Å²) < 4.78 is 0. The molecule has 2 aromatic rings. The average Bonchev–Trinajstić information content (AvgIpc) is 2.96. The van der Waals surface area contributed by atoms with Gasteiger partial charge in [-0.05, 0) is 79.7 Å². The van der Waals surface area contributed by atoms with Gasteiger partial charge < -0.3 is 20.6 Å². The lowest BCUT2D eigenvalue weighted by molar-refractivity contribution is -0.136. The van der Waals surface area contributed by atoms with Crippen molar-refractivity contribution in [2.24, 2.45) is 11.8 Å². The highest BCUT2D eigenvalue weighted by molar-refractivity contribution is 7.98. The summed E-state index contributed by atoms with van der Waals surface area (Å²) in [6.07, 6.45) is 13.1. The van der Waals surface area contributed by atoms with Crippen LogP contribution in [0.5, 0.6) is 0 Å². The number of carbonyl (C=O) groups is 3. The molecule has 0 aliphatic heterocycles. The van der Waals surface area contributed by atoms with Crippen molar-refractivity contribution in [3.8, 4) is 0 Å². The Morgan fingerprint density at radius 2 is 1.62 bits per heavy atom. The molecule has 0 saturated heterocycles. The lowest BCUT2D eigenvalue weighted by Gasteiger charge is -2.40. The van der Waals surface area contributed by atoms with Gasteiger partial charge in [0.2, 0.25) is 0 Å². The summed E-state index contributed by atoms with van der Waals surface area (Å²) in [6, 6.07) is 15.2. The van der Waals surface area contributed by atoms with Gasteiger partial charge in [-0.2, -0.15) is 0 Å². The number of thioether (sulfide) groups is 1. The number of nitrogens with one attached hydrogen (secondary N) is 2. The maximum absolute atomic E-state index is 13.6. The highest BCUT2D eigenvalue weighted by Crippen LogP contribution is 2.39. The predicted octanol–water partition coefficient (Wildman–Crippen LogP) is 6.79. The second kappa shape index (κ2) is 14.4. The second-order valence-corrected chi connectivity index (χ2v) is 11.7. The van der Waals surface area contributed by atoms with Gasteiger partial charge in [0, 0.05) is 35.3 Å². The van der Waals surface area contributed by atoms with Gasteiger partial charge in [0.25, 0.3) is 5.91 Å². The molecule has 0 aromatic heterocycles. The van der Waals surface area contributed by atoms with Gasteiger partial charge in [-0.1, -0.05) is 50.3 Å². The molecule has 2 fully saturated rings. The van der Waals surface area contributed by atoms with Gasteiger partial charge >= 0.3 is 12.0 Å². The highest BCUT2D eigenvalue weighted by atomic mass is 32.2. The predicted molar refractivity (Wildman–Crippen MR) is 156 cm³/mol. The van der Waals surface area contributed by atoms with Gasteiger partial charge in [-0.3, -0.25) is 9.59 Å². The smallest absolute Gasteiger partial charge is 0.322 e. The normalized spacial score (nSPS) is 19.7. The van der Waals surface area contributed by atoms with Crippen molar-refractivity contribution >= 4 is 35.4 Å². The summed E-state index contributed by atoms with van der Waals surface area (Å²) in [4.78, 5) is 39.8. The Hall–Kier alpha value is -3.00. The first-order valence-corrected chi connectivity index (χ1v) is 15.5. The van der Waals surface area contributed by atoms with Crippen LogP contribution in [0.3, 0.4) is 0 Å². The second-order valence-electron chi connectivity index (χ2n) is 10.9. The first-order valence-electron chi connectivity index (χ1n) is 14.2. The van der Waals surface area contributed by atoms with Gasteiger partial charge in [0.1, 0.15) is 0 Å². The van der Waals surface area contributed by atoms with Crippen molar-refractivity contribution in [3.63, 3.8) is 0 Å². The molecule has 7 nitrogen and oxygen atoms in total. The fraction of sp³-hybridized carbons (Fsp3) is 0.516. The van der Waals surface area contributed by atoms with Crippen molar-refractivity contribution < 1.29 is 19.5 Å². The van der Waals surface area contributed by atoms with E-state index in [9.17, 15) is 14.4 Å². The van der Waals surface area contributed by atoms with Crippen molar-refractivity contribution in [2.75, 3.05) is 18.1 Å². The van der Waals surface area contributed by atoms with Crippen LogP contribution in [-0.2, 0) is 11.3 Å². The molecular formula is C31H41N3O4S. The topological polar surface area (TPSA) is 98.7 Å². The third-order valence-corrected chi connectivity index (χ3v) is 9.00. The molecule has 0 heterocycles. The molecule has 4 rings (SSSR count). The zero-order chi connectivity index (χ0) is 27.6. The van der Waals surface area contributed by atoms with Crippen LogP contribution in [0, 0.1) is 11.8 Å². The minimum absolute atomic E-state index is 0.0884. The Morgan fingerprint density at radius 3 is 2.28 bits per heavy atom. The lowest BCUT2D eigenvalue weighted by Crippen LogP contribution is -2.44. The van der Waals surface area contributed by atoms with Crippen molar-refractivity contribution in [3.05, 3.63) is 59.7 Å². The molecule has 2 aliphatic carbocycles. The Bertz CT molecular complexity index is 1110. The first-order chi connectivity index (χ1) is 18.9. The van der Waals surface area contributed by atoms with E-state index in [1.807, 2.05) is 47.6 Å². The van der Waals surface area contributed by atoms with E-state index in [1.54, 1.807) is 23.9 Å². The molecular weight excluding hydrogens is 510 g/mol. The van der Waals surface area contributed by atoms with Gasteiger partial charge in [-0.25, -0.2) is 4.79 Å². The highest BCUT2D eigenvalue weighted by Gasteiger charge is 2.33. The summed E-state index contributed by atoms with van der Waals surface area (Å²) in [7, 11) is 0. The minimum atomic E-state index is -0.947. The van der Waals surface area contributed by atoms with Crippen LogP contribution in [0.1, 0.15) is 80.1 Å². The van der Waals surface area contributed by atoms with E-state index in [-0.39, 0.29) is 30.9 Å². The van der Waals surface area contributed by atoms with E-state index < -0.39 is 5.97 Å². The van der Waals surface area contributed by atoms with Crippen LogP contribution in [0.25, 0.3) is 0 Å². The molecule has 3 amide bonds. The number of benzene rings is 2. The molecule has 2 saturated carbocycles. The van der Waals surface area contributed by atoms with Gasteiger partial charge in [0.05, 0.1) is 6.42 Å². The molecule has 210 valence electrons. The van der Waals surface area contributed by atoms with Gasteiger partial charge in [0.15, 0.2) is 0 Å². The van der Waals surface area contributed by atoms with Crippen molar-refractivity contribution in [1.29, 1.82) is 0 Å². The van der Waals surface area contributed by atoms with Crippen molar-refractivity contribution in [2.45, 2.75) is 81.7 Å². The van der Waals surface area contributed by atoms with Crippen LogP contribution in [0.15, 0.2) is 53.4 Å². The molecule has 0 atom stereocenters. The van der Waals surface area contributed by atoms with E-state index in [2.05, 4.69) is 10.6 Å². The maximum atomic E-state index is 13.6. The number of carboxylic acids is 1. The third-order valence-electron chi connectivity index (χ3n) is 8.27. The summed E-state index contributed by atoms with van der Waals surface area (Å²) in [5, 5.41) is 14.5. The third kappa shape index (κ3) is 8.49. The fourth-order valence-electron chi connectivity index (χ4n) is 6.10. The number of hydrogen-bond donors (Lipinski definition) is 3. The summed E-state index contributed by atoms with van der Waals surface area (Å²) in [6.45, 7) is 0.554. The maximum Gasteiger partial charge on any atom is 0.322 e. The summed E-state index contributed by atoms with van der Waals surface area (Å²) in [5.74, 6) is 0.387. The van der Waals surface area contributed by atoms with Crippen LogP contribution in [-0.4, -0.2) is 46.8 Å². The Labute approximate surface area is 236 Å². The molecule has 0 radical (unpaired) electrons. The molecule has 0 bridgehead atoms. The Morgan fingerprint density at radius 1 is 0.923 bits per heavy atom.